The van der Waals surface area contributed by atoms with Crippen LogP contribution in [0.15, 0.2) is 36.7 Å². The molecule has 2 aromatic rings. The van der Waals surface area contributed by atoms with E-state index in [2.05, 4.69) is 44.9 Å². The zero-order valence-electron chi connectivity index (χ0n) is 12.9. The fourth-order valence-electron chi connectivity index (χ4n) is 2.64. The first-order chi connectivity index (χ1) is 10.8. The third-order valence-electron chi connectivity index (χ3n) is 3.85. The van der Waals surface area contributed by atoms with Gasteiger partial charge in [-0.05, 0) is 48.6 Å². The Morgan fingerprint density at radius 2 is 1.91 bits per heavy atom. The van der Waals surface area contributed by atoms with Gasteiger partial charge >= 0.3 is 0 Å². The van der Waals surface area contributed by atoms with Crippen LogP contribution in [0.5, 0.6) is 0 Å². The van der Waals surface area contributed by atoms with Crippen molar-refractivity contribution < 1.29 is 0 Å². The number of hydrogen-bond acceptors (Lipinski definition) is 5. The standard InChI is InChI=1S/C17H22N4S/c1-18-10-13-3-2-4-14(9-13)15-11-19-17(20-12-15)21-16-5-7-22-8-6-16/h2-4,9,11-12,16,18H,5-8,10H2,1H3,(H,19,20,21). The lowest BCUT2D eigenvalue weighted by atomic mass is 10.1. The highest BCUT2D eigenvalue weighted by molar-refractivity contribution is 7.99. The molecule has 0 aliphatic carbocycles. The molecule has 0 atom stereocenters. The van der Waals surface area contributed by atoms with Gasteiger partial charge in [-0.1, -0.05) is 18.2 Å². The van der Waals surface area contributed by atoms with E-state index in [1.165, 1.54) is 29.9 Å². The molecule has 1 fully saturated rings. The van der Waals surface area contributed by atoms with E-state index >= 15 is 0 Å². The molecular formula is C17H22N4S. The summed E-state index contributed by atoms with van der Waals surface area (Å²) in [5.74, 6) is 3.20. The van der Waals surface area contributed by atoms with E-state index in [9.17, 15) is 0 Å². The molecule has 1 aromatic heterocycles. The van der Waals surface area contributed by atoms with E-state index in [-0.39, 0.29) is 0 Å². The SMILES string of the molecule is CNCc1cccc(-c2cnc(NC3CCSCC3)nc2)c1. The highest BCUT2D eigenvalue weighted by Gasteiger charge is 2.14. The minimum atomic E-state index is 0.519. The van der Waals surface area contributed by atoms with Crippen molar-refractivity contribution in [3.63, 3.8) is 0 Å². The Balaban J connectivity index is 1.69. The molecule has 3 rings (SSSR count). The van der Waals surface area contributed by atoms with Crippen LogP contribution >= 0.6 is 11.8 Å². The molecule has 2 heterocycles. The Morgan fingerprint density at radius 1 is 1.14 bits per heavy atom. The lowest BCUT2D eigenvalue weighted by Crippen LogP contribution is -2.25. The Labute approximate surface area is 136 Å². The molecule has 0 spiro atoms. The molecule has 22 heavy (non-hydrogen) atoms. The first-order valence-electron chi connectivity index (χ1n) is 7.75. The summed E-state index contributed by atoms with van der Waals surface area (Å²) in [5.41, 5.74) is 3.48. The maximum Gasteiger partial charge on any atom is 0.222 e. The van der Waals surface area contributed by atoms with Gasteiger partial charge in [0, 0.05) is 30.5 Å². The largest absolute Gasteiger partial charge is 0.351 e. The smallest absolute Gasteiger partial charge is 0.222 e. The molecule has 1 saturated heterocycles. The fraction of sp³-hybridized carbons (Fsp3) is 0.412. The van der Waals surface area contributed by atoms with Crippen molar-refractivity contribution in [1.29, 1.82) is 0 Å². The summed E-state index contributed by atoms with van der Waals surface area (Å²) in [6, 6.07) is 9.00. The van der Waals surface area contributed by atoms with E-state index in [1.807, 2.05) is 31.2 Å². The maximum absolute atomic E-state index is 4.48. The number of thioether (sulfide) groups is 1. The molecular weight excluding hydrogens is 292 g/mol. The quantitative estimate of drug-likeness (QED) is 0.888. The van der Waals surface area contributed by atoms with Crippen LogP contribution in [-0.2, 0) is 6.54 Å². The number of nitrogens with one attached hydrogen (secondary N) is 2. The molecule has 4 nitrogen and oxygen atoms in total. The van der Waals surface area contributed by atoms with Crippen LogP contribution in [0.3, 0.4) is 0 Å². The molecule has 0 saturated carbocycles. The van der Waals surface area contributed by atoms with Gasteiger partial charge in [-0.3, -0.25) is 0 Å². The Bertz CT molecular complexity index is 594. The lowest BCUT2D eigenvalue weighted by molar-refractivity contribution is 0.660. The topological polar surface area (TPSA) is 49.8 Å². The predicted octanol–water partition coefficient (Wildman–Crippen LogP) is 3.17. The van der Waals surface area contributed by atoms with Crippen LogP contribution < -0.4 is 10.6 Å². The molecule has 116 valence electrons. The van der Waals surface area contributed by atoms with E-state index in [1.54, 1.807) is 0 Å². The first-order valence-corrected chi connectivity index (χ1v) is 8.91. The average molecular weight is 314 g/mol. The Kier molecular flexibility index (Phi) is 5.29. The van der Waals surface area contributed by atoms with Crippen molar-refractivity contribution in [3.05, 3.63) is 42.2 Å². The second kappa shape index (κ2) is 7.61. The van der Waals surface area contributed by atoms with E-state index in [4.69, 9.17) is 0 Å². The van der Waals surface area contributed by atoms with Crippen molar-refractivity contribution in [2.75, 3.05) is 23.9 Å². The molecule has 1 aliphatic heterocycles. The second-order valence-electron chi connectivity index (χ2n) is 5.56. The highest BCUT2D eigenvalue weighted by Crippen LogP contribution is 2.22. The number of nitrogens with zero attached hydrogens (tertiary/aromatic N) is 2. The van der Waals surface area contributed by atoms with Gasteiger partial charge in [0.25, 0.3) is 0 Å². The third kappa shape index (κ3) is 3.99. The van der Waals surface area contributed by atoms with Crippen molar-refractivity contribution in [2.24, 2.45) is 0 Å². The average Bonchev–Trinajstić information content (AvgIpc) is 2.57. The monoisotopic (exact) mass is 314 g/mol. The summed E-state index contributed by atoms with van der Waals surface area (Å²) >= 11 is 2.03. The Hall–Kier alpha value is -1.59. The van der Waals surface area contributed by atoms with Crippen molar-refractivity contribution >= 4 is 17.7 Å². The summed E-state index contributed by atoms with van der Waals surface area (Å²) in [5, 5.41) is 6.62. The molecule has 0 radical (unpaired) electrons. The lowest BCUT2D eigenvalue weighted by Gasteiger charge is -2.22. The number of rotatable bonds is 5. The number of aromatic nitrogens is 2. The molecule has 1 aromatic carbocycles. The van der Waals surface area contributed by atoms with Gasteiger partial charge in [0.2, 0.25) is 5.95 Å². The van der Waals surface area contributed by atoms with Gasteiger partial charge < -0.3 is 10.6 Å². The van der Waals surface area contributed by atoms with Crippen molar-refractivity contribution in [2.45, 2.75) is 25.4 Å². The zero-order chi connectivity index (χ0) is 15.2. The van der Waals surface area contributed by atoms with Crippen LogP contribution in [0.1, 0.15) is 18.4 Å². The number of anilines is 1. The van der Waals surface area contributed by atoms with Gasteiger partial charge in [0.1, 0.15) is 0 Å². The first kappa shape index (κ1) is 15.3. The number of benzene rings is 1. The molecule has 0 bridgehead atoms. The van der Waals surface area contributed by atoms with E-state index in [0.717, 1.165) is 23.6 Å². The van der Waals surface area contributed by atoms with Gasteiger partial charge in [-0.2, -0.15) is 11.8 Å². The van der Waals surface area contributed by atoms with Crippen LogP contribution in [0.25, 0.3) is 11.1 Å². The molecule has 5 heteroatoms. The van der Waals surface area contributed by atoms with Gasteiger partial charge in [0.15, 0.2) is 0 Å². The maximum atomic E-state index is 4.48. The van der Waals surface area contributed by atoms with Crippen molar-refractivity contribution in [1.82, 2.24) is 15.3 Å². The van der Waals surface area contributed by atoms with Crippen LogP contribution in [0.2, 0.25) is 0 Å². The number of hydrogen-bond donors (Lipinski definition) is 2. The summed E-state index contributed by atoms with van der Waals surface area (Å²) in [7, 11) is 1.96. The summed E-state index contributed by atoms with van der Waals surface area (Å²) in [6.45, 7) is 0.869. The third-order valence-corrected chi connectivity index (χ3v) is 4.90. The minimum Gasteiger partial charge on any atom is -0.351 e. The van der Waals surface area contributed by atoms with Crippen LogP contribution in [0, 0.1) is 0 Å². The molecule has 0 unspecified atom stereocenters. The van der Waals surface area contributed by atoms with Crippen LogP contribution in [-0.4, -0.2) is 34.6 Å². The molecule has 0 amide bonds. The van der Waals surface area contributed by atoms with E-state index < -0.39 is 0 Å². The fourth-order valence-corrected chi connectivity index (χ4v) is 3.75. The molecule has 1 aliphatic rings. The minimum absolute atomic E-state index is 0.519. The summed E-state index contributed by atoms with van der Waals surface area (Å²) in [6.07, 6.45) is 6.21. The normalized spacial score (nSPS) is 15.7. The second-order valence-corrected chi connectivity index (χ2v) is 6.78. The zero-order valence-corrected chi connectivity index (χ0v) is 13.7. The van der Waals surface area contributed by atoms with Gasteiger partial charge in [-0.25, -0.2) is 9.97 Å². The Morgan fingerprint density at radius 3 is 2.64 bits per heavy atom. The summed E-state index contributed by atoms with van der Waals surface area (Å²) in [4.78, 5) is 8.96. The van der Waals surface area contributed by atoms with Gasteiger partial charge in [-0.15, -0.1) is 0 Å². The van der Waals surface area contributed by atoms with Crippen LogP contribution in [0.4, 0.5) is 5.95 Å². The van der Waals surface area contributed by atoms with E-state index in [0.29, 0.717) is 6.04 Å². The highest BCUT2D eigenvalue weighted by atomic mass is 32.2. The summed E-state index contributed by atoms with van der Waals surface area (Å²) < 4.78 is 0. The van der Waals surface area contributed by atoms with Crippen molar-refractivity contribution in [3.8, 4) is 11.1 Å². The van der Waals surface area contributed by atoms with Gasteiger partial charge in [0.05, 0.1) is 0 Å². The predicted molar refractivity (Wildman–Crippen MR) is 94.2 cm³/mol. The molecule has 2 N–H and O–H groups in total.